The van der Waals surface area contributed by atoms with Gasteiger partial charge in [0, 0.05) is 11.6 Å². The Kier molecular flexibility index (Phi) is 6.18. The highest BCUT2D eigenvalue weighted by Gasteiger charge is 2.32. The number of hydrogen-bond acceptors (Lipinski definition) is 4. The van der Waals surface area contributed by atoms with Gasteiger partial charge in [-0.05, 0) is 39.0 Å². The Bertz CT molecular complexity index is 686. The van der Waals surface area contributed by atoms with E-state index in [9.17, 15) is 9.59 Å². The minimum Gasteiger partial charge on any atom is -0.454 e. The van der Waals surface area contributed by atoms with Crippen molar-refractivity contribution in [1.82, 2.24) is 10.6 Å². The van der Waals surface area contributed by atoms with Gasteiger partial charge in [0.05, 0.1) is 0 Å². The summed E-state index contributed by atoms with van der Waals surface area (Å²) in [6.45, 7) is 10.6. The zero-order valence-electron chi connectivity index (χ0n) is 16.3. The van der Waals surface area contributed by atoms with E-state index in [1.54, 1.807) is 0 Å². The van der Waals surface area contributed by atoms with Crippen LogP contribution in [0, 0.1) is 0 Å². The number of carbonyl (C=O) groups is 2. The van der Waals surface area contributed by atoms with Gasteiger partial charge in [0.15, 0.2) is 17.5 Å². The number of quaternary nitrogens is 2. The SMILES string of the molecule is CC(C)NC(=O)NC(=O)[C@@H](C)[NH+]1CC[NH+](Cc2ccc3c(c2)OCO3)CC1. The lowest BCUT2D eigenvalue weighted by molar-refractivity contribution is -1.02. The molecule has 0 saturated carbocycles. The molecule has 8 nitrogen and oxygen atoms in total. The number of carbonyl (C=O) groups excluding carboxylic acids is 2. The summed E-state index contributed by atoms with van der Waals surface area (Å²) in [4.78, 5) is 26.7. The van der Waals surface area contributed by atoms with Crippen LogP contribution in [-0.4, -0.2) is 57.0 Å². The number of ether oxygens (including phenoxy) is 2. The summed E-state index contributed by atoms with van der Waals surface area (Å²) >= 11 is 0. The molecule has 1 saturated heterocycles. The Hall–Kier alpha value is -2.32. The lowest BCUT2D eigenvalue weighted by Gasteiger charge is -2.32. The molecule has 3 rings (SSSR count). The quantitative estimate of drug-likeness (QED) is 0.493. The predicted octanol–water partition coefficient (Wildman–Crippen LogP) is -1.68. The number of hydrogen-bond donors (Lipinski definition) is 4. The molecule has 8 heteroatoms. The van der Waals surface area contributed by atoms with Crippen LogP contribution in [-0.2, 0) is 11.3 Å². The van der Waals surface area contributed by atoms with Crippen LogP contribution in [0.25, 0.3) is 0 Å². The molecule has 0 unspecified atom stereocenters. The molecule has 2 aliphatic heterocycles. The molecule has 2 heterocycles. The lowest BCUT2D eigenvalue weighted by Crippen LogP contribution is -3.29. The van der Waals surface area contributed by atoms with E-state index in [1.165, 1.54) is 15.4 Å². The molecule has 27 heavy (non-hydrogen) atoms. The first-order chi connectivity index (χ1) is 12.9. The molecule has 0 aromatic heterocycles. The molecular formula is C19H30N4O4+2. The molecule has 1 aromatic rings. The van der Waals surface area contributed by atoms with Crippen molar-refractivity contribution < 1.29 is 28.9 Å². The molecule has 0 aliphatic carbocycles. The molecule has 1 atom stereocenters. The smallest absolute Gasteiger partial charge is 0.321 e. The minimum atomic E-state index is -0.423. The van der Waals surface area contributed by atoms with Crippen molar-refractivity contribution in [3.63, 3.8) is 0 Å². The van der Waals surface area contributed by atoms with Crippen LogP contribution in [0.15, 0.2) is 18.2 Å². The maximum atomic E-state index is 12.3. The number of urea groups is 1. The van der Waals surface area contributed by atoms with Crippen molar-refractivity contribution in [1.29, 1.82) is 0 Å². The highest BCUT2D eigenvalue weighted by atomic mass is 16.7. The van der Waals surface area contributed by atoms with Crippen molar-refractivity contribution in [2.24, 2.45) is 0 Å². The molecule has 1 fully saturated rings. The van der Waals surface area contributed by atoms with Gasteiger partial charge in [0.1, 0.15) is 32.7 Å². The standard InChI is InChI=1S/C19H28N4O4/c1-13(2)20-19(25)21-18(24)14(3)23-8-6-22(7-9-23)11-15-4-5-16-17(10-15)27-12-26-16/h4-5,10,13-14H,6-9,11-12H2,1-3H3,(H2,20,21,24,25)/p+2/t14-/m1/s1. The zero-order chi connectivity index (χ0) is 19.4. The van der Waals surface area contributed by atoms with Crippen molar-refractivity contribution in [3.05, 3.63) is 23.8 Å². The van der Waals surface area contributed by atoms with Crippen LogP contribution in [0.2, 0.25) is 0 Å². The first kappa shape index (κ1) is 19.4. The summed E-state index contributed by atoms with van der Waals surface area (Å²) in [7, 11) is 0. The fourth-order valence-electron chi connectivity index (χ4n) is 3.58. The van der Waals surface area contributed by atoms with E-state index in [0.29, 0.717) is 6.79 Å². The Labute approximate surface area is 159 Å². The molecule has 148 valence electrons. The second kappa shape index (κ2) is 8.58. The van der Waals surface area contributed by atoms with Crippen molar-refractivity contribution in [2.45, 2.75) is 39.4 Å². The second-order valence-corrected chi connectivity index (χ2v) is 7.61. The Morgan fingerprint density at radius 3 is 2.48 bits per heavy atom. The summed E-state index contributed by atoms with van der Waals surface area (Å²) in [6.07, 6.45) is 0. The third-order valence-electron chi connectivity index (χ3n) is 5.15. The second-order valence-electron chi connectivity index (χ2n) is 7.61. The largest absolute Gasteiger partial charge is 0.454 e. The number of amides is 3. The van der Waals surface area contributed by atoms with E-state index >= 15 is 0 Å². The molecule has 0 radical (unpaired) electrons. The maximum Gasteiger partial charge on any atom is 0.321 e. The zero-order valence-corrected chi connectivity index (χ0v) is 16.3. The van der Waals surface area contributed by atoms with E-state index in [2.05, 4.69) is 22.8 Å². The first-order valence-corrected chi connectivity index (χ1v) is 9.60. The monoisotopic (exact) mass is 378 g/mol. The minimum absolute atomic E-state index is 0.00350. The van der Waals surface area contributed by atoms with Gasteiger partial charge >= 0.3 is 6.03 Å². The summed E-state index contributed by atoms with van der Waals surface area (Å²) in [6, 6.07) is 5.45. The number of nitrogens with one attached hydrogen (secondary N) is 4. The fourth-order valence-corrected chi connectivity index (χ4v) is 3.58. The average Bonchev–Trinajstić information content (AvgIpc) is 3.08. The van der Waals surface area contributed by atoms with Crippen LogP contribution in [0.5, 0.6) is 11.5 Å². The van der Waals surface area contributed by atoms with Gasteiger partial charge in [0.25, 0.3) is 5.91 Å². The number of fused-ring (bicyclic) bond motifs is 1. The summed E-state index contributed by atoms with van der Waals surface area (Å²) in [5.41, 5.74) is 1.23. The van der Waals surface area contributed by atoms with Gasteiger partial charge in [0.2, 0.25) is 6.79 Å². The number of rotatable bonds is 5. The summed E-state index contributed by atoms with van der Waals surface area (Å²) in [5, 5.41) is 5.12. The molecule has 3 amide bonds. The van der Waals surface area contributed by atoms with Gasteiger partial charge in [-0.15, -0.1) is 0 Å². The molecule has 0 bridgehead atoms. The molecule has 4 N–H and O–H groups in total. The van der Waals surface area contributed by atoms with Crippen LogP contribution in [0.1, 0.15) is 26.3 Å². The number of imide groups is 1. The normalized spacial score (nSPS) is 22.4. The summed E-state index contributed by atoms with van der Waals surface area (Å²) in [5.74, 6) is 1.41. The topological polar surface area (TPSA) is 85.5 Å². The van der Waals surface area contributed by atoms with E-state index < -0.39 is 6.03 Å². The van der Waals surface area contributed by atoms with Gasteiger partial charge in [-0.25, -0.2) is 4.79 Å². The third-order valence-corrected chi connectivity index (χ3v) is 5.15. The Morgan fingerprint density at radius 2 is 1.78 bits per heavy atom. The average molecular weight is 378 g/mol. The number of benzene rings is 1. The first-order valence-electron chi connectivity index (χ1n) is 9.60. The molecule has 2 aliphatic rings. The van der Waals surface area contributed by atoms with Gasteiger partial charge < -0.3 is 24.6 Å². The fraction of sp³-hybridized carbons (Fsp3) is 0.579. The van der Waals surface area contributed by atoms with Gasteiger partial charge in [-0.2, -0.15) is 0 Å². The van der Waals surface area contributed by atoms with Crippen molar-refractivity contribution >= 4 is 11.9 Å². The van der Waals surface area contributed by atoms with E-state index in [-0.39, 0.29) is 18.0 Å². The molecule has 1 aromatic carbocycles. The Morgan fingerprint density at radius 1 is 1.07 bits per heavy atom. The van der Waals surface area contributed by atoms with Crippen LogP contribution in [0.3, 0.4) is 0 Å². The van der Waals surface area contributed by atoms with E-state index in [1.807, 2.05) is 26.8 Å². The summed E-state index contributed by atoms with van der Waals surface area (Å²) < 4.78 is 10.8. The maximum absolute atomic E-state index is 12.3. The highest BCUT2D eigenvalue weighted by molar-refractivity contribution is 5.96. The van der Waals surface area contributed by atoms with Crippen molar-refractivity contribution in [2.75, 3.05) is 33.0 Å². The third kappa shape index (κ3) is 5.11. The van der Waals surface area contributed by atoms with Gasteiger partial charge in [-0.1, -0.05) is 0 Å². The predicted molar refractivity (Wildman–Crippen MR) is 98.9 cm³/mol. The van der Waals surface area contributed by atoms with Crippen LogP contribution in [0.4, 0.5) is 4.79 Å². The molecule has 0 spiro atoms. The van der Waals surface area contributed by atoms with Gasteiger partial charge in [-0.3, -0.25) is 10.1 Å². The van der Waals surface area contributed by atoms with Crippen molar-refractivity contribution in [3.8, 4) is 11.5 Å². The number of piperazine rings is 1. The van der Waals surface area contributed by atoms with E-state index in [0.717, 1.165) is 44.2 Å². The highest BCUT2D eigenvalue weighted by Crippen LogP contribution is 2.32. The molecular weight excluding hydrogens is 348 g/mol. The van der Waals surface area contributed by atoms with Crippen LogP contribution >= 0.6 is 0 Å². The van der Waals surface area contributed by atoms with E-state index in [4.69, 9.17) is 9.47 Å². The lowest BCUT2D eigenvalue weighted by atomic mass is 10.1. The van der Waals surface area contributed by atoms with Crippen LogP contribution < -0.4 is 29.9 Å². The Balaban J connectivity index is 1.45.